The number of pyridine rings is 1. The normalized spacial score (nSPS) is 19.4. The molecule has 0 spiro atoms. The van der Waals surface area contributed by atoms with Crippen LogP contribution in [0.3, 0.4) is 0 Å². The van der Waals surface area contributed by atoms with Crippen LogP contribution >= 0.6 is 0 Å². The summed E-state index contributed by atoms with van der Waals surface area (Å²) in [5.74, 6) is 0.0574. The molecule has 6 nitrogen and oxygen atoms in total. The molecule has 140 valence electrons. The van der Waals surface area contributed by atoms with Gasteiger partial charge in [-0.15, -0.1) is 0 Å². The summed E-state index contributed by atoms with van der Waals surface area (Å²) < 4.78 is 0. The van der Waals surface area contributed by atoms with Gasteiger partial charge in [-0.25, -0.2) is 0 Å². The van der Waals surface area contributed by atoms with Gasteiger partial charge in [0, 0.05) is 62.3 Å². The molecule has 1 atom stereocenters. The summed E-state index contributed by atoms with van der Waals surface area (Å²) in [6.45, 7) is 3.10. The third-order valence-corrected chi connectivity index (χ3v) is 5.48. The van der Waals surface area contributed by atoms with Crippen LogP contribution in [0.15, 0.2) is 48.8 Å². The van der Waals surface area contributed by atoms with Crippen LogP contribution in [0.4, 0.5) is 11.4 Å². The molecule has 4 rings (SSSR count). The zero-order valence-electron chi connectivity index (χ0n) is 15.3. The predicted molar refractivity (Wildman–Crippen MR) is 105 cm³/mol. The summed E-state index contributed by atoms with van der Waals surface area (Å²) in [6.07, 6.45) is 5.32. The van der Waals surface area contributed by atoms with Crippen molar-refractivity contribution in [2.24, 2.45) is 5.92 Å². The maximum atomic E-state index is 12.6. The van der Waals surface area contributed by atoms with Gasteiger partial charge in [-0.3, -0.25) is 14.6 Å². The van der Waals surface area contributed by atoms with Crippen LogP contribution in [0.5, 0.6) is 0 Å². The molecule has 3 heterocycles. The fourth-order valence-electron chi connectivity index (χ4n) is 3.87. The van der Waals surface area contributed by atoms with Gasteiger partial charge in [-0.2, -0.15) is 0 Å². The number of nitrogens with one attached hydrogen (secondary N) is 1. The molecule has 2 aliphatic heterocycles. The van der Waals surface area contributed by atoms with Gasteiger partial charge in [0.2, 0.25) is 11.8 Å². The van der Waals surface area contributed by atoms with E-state index in [1.165, 1.54) is 0 Å². The van der Waals surface area contributed by atoms with Crippen LogP contribution < -0.4 is 10.2 Å². The summed E-state index contributed by atoms with van der Waals surface area (Å²) in [5, 5.41) is 2.96. The van der Waals surface area contributed by atoms with Gasteiger partial charge >= 0.3 is 0 Å². The van der Waals surface area contributed by atoms with Gasteiger partial charge < -0.3 is 15.1 Å². The Morgan fingerprint density at radius 1 is 1.07 bits per heavy atom. The molecule has 0 radical (unpaired) electrons. The first-order valence-electron chi connectivity index (χ1n) is 9.52. The standard InChI is InChI=1S/C21H24N4O2/c26-20(25-13-11-24(12-14-25)18-7-9-22-10-8-18)6-5-17-15-16-3-1-2-4-19(16)23-21(17)27/h1-4,7-10,17H,5-6,11-15H2,(H,23,27). The topological polar surface area (TPSA) is 65.5 Å². The smallest absolute Gasteiger partial charge is 0.227 e. The van der Waals surface area contributed by atoms with Crippen LogP contribution in [-0.4, -0.2) is 47.9 Å². The number of benzene rings is 1. The molecule has 0 bridgehead atoms. The van der Waals surface area contributed by atoms with Crippen molar-refractivity contribution in [3.63, 3.8) is 0 Å². The number of aromatic nitrogens is 1. The second-order valence-corrected chi connectivity index (χ2v) is 7.16. The Morgan fingerprint density at radius 2 is 1.81 bits per heavy atom. The van der Waals surface area contributed by atoms with Crippen LogP contribution in [0.2, 0.25) is 0 Å². The van der Waals surface area contributed by atoms with Crippen LogP contribution in [0.1, 0.15) is 18.4 Å². The van der Waals surface area contributed by atoms with Gasteiger partial charge in [0.25, 0.3) is 0 Å². The van der Waals surface area contributed by atoms with Gasteiger partial charge in [-0.05, 0) is 36.6 Å². The number of carbonyl (C=O) groups is 2. The van der Waals surface area contributed by atoms with Crippen molar-refractivity contribution in [2.45, 2.75) is 19.3 Å². The predicted octanol–water partition coefficient (Wildman–Crippen LogP) is 2.32. The van der Waals surface area contributed by atoms with Gasteiger partial charge in [-0.1, -0.05) is 18.2 Å². The molecule has 1 fully saturated rings. The van der Waals surface area contributed by atoms with Gasteiger partial charge in [0.05, 0.1) is 0 Å². The molecular weight excluding hydrogens is 340 g/mol. The molecular formula is C21H24N4O2. The minimum atomic E-state index is -0.123. The van der Waals surface area contributed by atoms with Crippen molar-refractivity contribution in [3.05, 3.63) is 54.4 Å². The Hall–Kier alpha value is -2.89. The highest BCUT2D eigenvalue weighted by Gasteiger charge is 2.28. The molecule has 6 heteroatoms. The van der Waals surface area contributed by atoms with E-state index < -0.39 is 0 Å². The number of hydrogen-bond donors (Lipinski definition) is 1. The van der Waals surface area contributed by atoms with E-state index in [9.17, 15) is 9.59 Å². The first kappa shape index (κ1) is 17.5. The average molecular weight is 364 g/mol. The molecule has 1 N–H and O–H groups in total. The van der Waals surface area contributed by atoms with E-state index in [4.69, 9.17) is 0 Å². The van der Waals surface area contributed by atoms with E-state index in [1.54, 1.807) is 12.4 Å². The van der Waals surface area contributed by atoms with E-state index in [2.05, 4.69) is 15.2 Å². The average Bonchev–Trinajstić information content (AvgIpc) is 2.73. The fourth-order valence-corrected chi connectivity index (χ4v) is 3.87. The van der Waals surface area contributed by atoms with Crippen molar-refractivity contribution in [1.29, 1.82) is 0 Å². The minimum absolute atomic E-state index is 0.0315. The van der Waals surface area contributed by atoms with Gasteiger partial charge in [0.15, 0.2) is 0 Å². The first-order chi connectivity index (χ1) is 13.2. The van der Waals surface area contributed by atoms with Crippen molar-refractivity contribution in [2.75, 3.05) is 36.4 Å². The summed E-state index contributed by atoms with van der Waals surface area (Å²) in [5.41, 5.74) is 3.20. The number of para-hydroxylation sites is 1. The van der Waals surface area contributed by atoms with E-state index >= 15 is 0 Å². The molecule has 0 saturated carbocycles. The van der Waals surface area contributed by atoms with Gasteiger partial charge in [0.1, 0.15) is 0 Å². The third kappa shape index (κ3) is 3.94. The lowest BCUT2D eigenvalue weighted by molar-refractivity contribution is -0.132. The molecule has 2 aliphatic rings. The minimum Gasteiger partial charge on any atom is -0.368 e. The van der Waals surface area contributed by atoms with E-state index in [1.807, 2.05) is 41.3 Å². The fraction of sp³-hybridized carbons (Fsp3) is 0.381. The molecule has 2 amide bonds. The third-order valence-electron chi connectivity index (χ3n) is 5.48. The molecule has 1 unspecified atom stereocenters. The summed E-state index contributed by atoms with van der Waals surface area (Å²) >= 11 is 0. The van der Waals surface area contributed by atoms with Crippen molar-refractivity contribution in [1.82, 2.24) is 9.88 Å². The number of nitrogens with zero attached hydrogens (tertiary/aromatic N) is 3. The maximum absolute atomic E-state index is 12.6. The maximum Gasteiger partial charge on any atom is 0.227 e. The zero-order valence-corrected chi connectivity index (χ0v) is 15.3. The van der Waals surface area contributed by atoms with Crippen LogP contribution in [0, 0.1) is 5.92 Å². The van der Waals surface area contributed by atoms with Crippen LogP contribution in [0.25, 0.3) is 0 Å². The monoisotopic (exact) mass is 364 g/mol. The number of rotatable bonds is 4. The molecule has 2 aromatic rings. The highest BCUT2D eigenvalue weighted by molar-refractivity contribution is 5.96. The number of anilines is 2. The van der Waals surface area contributed by atoms with Crippen molar-refractivity contribution < 1.29 is 9.59 Å². The Labute approximate surface area is 159 Å². The quantitative estimate of drug-likeness (QED) is 0.904. The molecule has 1 saturated heterocycles. The molecule has 0 aliphatic carbocycles. The summed E-state index contributed by atoms with van der Waals surface area (Å²) in [7, 11) is 0. The molecule has 1 aromatic carbocycles. The number of piperazine rings is 1. The zero-order chi connectivity index (χ0) is 18.6. The molecule has 1 aromatic heterocycles. The SMILES string of the molecule is O=C1Nc2ccccc2CC1CCC(=O)N1CCN(c2ccncc2)CC1. The lowest BCUT2D eigenvalue weighted by Crippen LogP contribution is -2.49. The largest absolute Gasteiger partial charge is 0.368 e. The number of hydrogen-bond acceptors (Lipinski definition) is 4. The lowest BCUT2D eigenvalue weighted by Gasteiger charge is -2.36. The highest BCUT2D eigenvalue weighted by atomic mass is 16.2. The van der Waals surface area contributed by atoms with E-state index in [-0.39, 0.29) is 17.7 Å². The number of carbonyl (C=O) groups excluding carboxylic acids is 2. The number of amides is 2. The van der Waals surface area contributed by atoms with Crippen molar-refractivity contribution >= 4 is 23.2 Å². The second-order valence-electron chi connectivity index (χ2n) is 7.16. The molecule has 27 heavy (non-hydrogen) atoms. The Kier molecular flexibility index (Phi) is 5.05. The Balaban J connectivity index is 1.27. The summed E-state index contributed by atoms with van der Waals surface area (Å²) in [4.78, 5) is 33.1. The Morgan fingerprint density at radius 3 is 2.59 bits per heavy atom. The Bertz CT molecular complexity index is 816. The van der Waals surface area contributed by atoms with Crippen molar-refractivity contribution in [3.8, 4) is 0 Å². The van der Waals surface area contributed by atoms with E-state index in [0.29, 0.717) is 19.3 Å². The first-order valence-corrected chi connectivity index (χ1v) is 9.52. The number of fused-ring (bicyclic) bond motifs is 1. The second kappa shape index (κ2) is 7.78. The van der Waals surface area contributed by atoms with E-state index in [0.717, 1.165) is 43.1 Å². The lowest BCUT2D eigenvalue weighted by atomic mass is 9.89. The van der Waals surface area contributed by atoms with Crippen LogP contribution in [-0.2, 0) is 16.0 Å². The highest BCUT2D eigenvalue weighted by Crippen LogP contribution is 2.27. The summed E-state index contributed by atoms with van der Waals surface area (Å²) in [6, 6.07) is 11.9.